The SMILES string of the molecule is CC(=O)OCc1cn(C2=C(OC(=O)O)N3C(=O)[C@H](CO)[C@H]3S2)cn1. The molecule has 1 fully saturated rings. The Balaban J connectivity index is 1.87. The van der Waals surface area contributed by atoms with Gasteiger partial charge in [0.1, 0.15) is 23.3 Å². The second-order valence-corrected chi connectivity index (χ2v) is 6.14. The van der Waals surface area contributed by atoms with Crippen LogP contribution >= 0.6 is 11.8 Å². The van der Waals surface area contributed by atoms with Gasteiger partial charge in [0.25, 0.3) is 0 Å². The minimum Gasteiger partial charge on any atom is -0.459 e. The Kier molecular flexibility index (Phi) is 4.20. The molecule has 0 saturated carbocycles. The lowest BCUT2D eigenvalue weighted by Crippen LogP contribution is -2.58. The molecule has 24 heavy (non-hydrogen) atoms. The van der Waals surface area contributed by atoms with Crippen LogP contribution in [0.1, 0.15) is 12.6 Å². The van der Waals surface area contributed by atoms with Crippen LogP contribution in [0.2, 0.25) is 0 Å². The second-order valence-electron chi connectivity index (χ2n) is 5.04. The van der Waals surface area contributed by atoms with Crippen LogP contribution < -0.4 is 0 Å². The van der Waals surface area contributed by atoms with E-state index in [0.717, 1.165) is 0 Å². The fourth-order valence-corrected chi connectivity index (χ4v) is 3.74. The van der Waals surface area contributed by atoms with Gasteiger partial charge in [-0.1, -0.05) is 11.8 Å². The molecule has 10 nitrogen and oxygen atoms in total. The first-order valence-corrected chi connectivity index (χ1v) is 7.72. The summed E-state index contributed by atoms with van der Waals surface area (Å²) in [6.45, 7) is 0.916. The zero-order valence-electron chi connectivity index (χ0n) is 12.4. The molecule has 1 amide bonds. The Hall–Kier alpha value is -2.53. The van der Waals surface area contributed by atoms with E-state index < -0.39 is 29.3 Å². The number of esters is 1. The van der Waals surface area contributed by atoms with Crippen LogP contribution in [0, 0.1) is 5.92 Å². The number of aliphatic hydroxyl groups excluding tert-OH is 1. The molecule has 2 atom stereocenters. The van der Waals surface area contributed by atoms with Crippen LogP contribution in [-0.2, 0) is 25.7 Å². The number of hydrogen-bond acceptors (Lipinski definition) is 8. The molecular weight excluding hydrogens is 342 g/mol. The molecule has 0 bridgehead atoms. The highest BCUT2D eigenvalue weighted by atomic mass is 32.2. The normalized spacial score (nSPS) is 22.2. The minimum atomic E-state index is -1.55. The summed E-state index contributed by atoms with van der Waals surface area (Å²) in [6.07, 6.45) is 1.39. The van der Waals surface area contributed by atoms with E-state index in [1.54, 1.807) is 6.20 Å². The van der Waals surface area contributed by atoms with Gasteiger partial charge in [-0.2, -0.15) is 0 Å². The monoisotopic (exact) mass is 355 g/mol. The van der Waals surface area contributed by atoms with Crippen molar-refractivity contribution in [2.24, 2.45) is 5.92 Å². The Labute approximate surface area is 139 Å². The number of nitrogens with zero attached hydrogens (tertiary/aromatic N) is 3. The van der Waals surface area contributed by atoms with Crippen LogP contribution in [0.25, 0.3) is 5.03 Å². The van der Waals surface area contributed by atoms with E-state index in [0.29, 0.717) is 10.7 Å². The Bertz CT molecular complexity index is 744. The Morgan fingerprint density at radius 2 is 2.21 bits per heavy atom. The van der Waals surface area contributed by atoms with Gasteiger partial charge in [0.15, 0.2) is 0 Å². The first kappa shape index (κ1) is 16.3. The van der Waals surface area contributed by atoms with Crippen molar-refractivity contribution in [2.75, 3.05) is 6.61 Å². The molecule has 2 aliphatic heterocycles. The maximum atomic E-state index is 12.0. The van der Waals surface area contributed by atoms with Gasteiger partial charge in [0, 0.05) is 13.1 Å². The minimum absolute atomic E-state index is 0.0270. The molecule has 11 heteroatoms. The van der Waals surface area contributed by atoms with Crippen molar-refractivity contribution in [3.8, 4) is 0 Å². The van der Waals surface area contributed by atoms with E-state index in [-0.39, 0.29) is 19.1 Å². The third-order valence-corrected chi connectivity index (χ3v) is 4.85. The molecule has 0 radical (unpaired) electrons. The summed E-state index contributed by atoms with van der Waals surface area (Å²) in [7, 11) is 0. The number of ether oxygens (including phenoxy) is 2. The lowest BCUT2D eigenvalue weighted by Gasteiger charge is -2.40. The number of rotatable bonds is 5. The van der Waals surface area contributed by atoms with Crippen molar-refractivity contribution < 1.29 is 34.1 Å². The van der Waals surface area contributed by atoms with Gasteiger partial charge in [-0.15, -0.1) is 0 Å². The van der Waals surface area contributed by atoms with Gasteiger partial charge in [0.05, 0.1) is 18.2 Å². The van der Waals surface area contributed by atoms with E-state index in [9.17, 15) is 19.5 Å². The zero-order chi connectivity index (χ0) is 17.4. The highest BCUT2D eigenvalue weighted by molar-refractivity contribution is 8.08. The van der Waals surface area contributed by atoms with E-state index in [1.165, 1.54) is 34.5 Å². The van der Waals surface area contributed by atoms with Gasteiger partial charge in [-0.05, 0) is 0 Å². The molecule has 3 rings (SSSR count). The van der Waals surface area contributed by atoms with Crippen molar-refractivity contribution >= 4 is 34.8 Å². The van der Waals surface area contributed by atoms with E-state index in [4.69, 9.17) is 14.6 Å². The maximum absolute atomic E-state index is 12.0. The number of aliphatic hydroxyl groups is 1. The number of aromatic nitrogens is 2. The van der Waals surface area contributed by atoms with Crippen molar-refractivity contribution in [2.45, 2.75) is 18.9 Å². The molecule has 0 aliphatic carbocycles. The van der Waals surface area contributed by atoms with E-state index >= 15 is 0 Å². The van der Waals surface area contributed by atoms with Crippen LogP contribution in [0.5, 0.6) is 0 Å². The van der Waals surface area contributed by atoms with Gasteiger partial charge in [-0.3, -0.25) is 19.1 Å². The fourth-order valence-electron chi connectivity index (χ4n) is 2.38. The van der Waals surface area contributed by atoms with Gasteiger partial charge >= 0.3 is 12.1 Å². The lowest BCUT2D eigenvalue weighted by molar-refractivity contribution is -0.151. The highest BCUT2D eigenvalue weighted by Crippen LogP contribution is 2.51. The standard InChI is InChI=1S/C13H13N3O7S/c1-6(18)22-4-7-2-15(5-14-7)12-10(23-13(20)21)16-9(19)8(3-17)11(16)24-12/h2,5,8,11,17H,3-4H2,1H3,(H,20,21)/t8-,11+/m0/s1. The maximum Gasteiger partial charge on any atom is 0.512 e. The van der Waals surface area contributed by atoms with Crippen molar-refractivity contribution in [3.05, 3.63) is 24.1 Å². The number of fused-ring (bicyclic) bond motifs is 1. The van der Waals surface area contributed by atoms with Crippen LogP contribution in [0.4, 0.5) is 4.79 Å². The number of carbonyl (C=O) groups excluding carboxylic acids is 2. The first-order valence-electron chi connectivity index (χ1n) is 6.84. The van der Waals surface area contributed by atoms with Crippen LogP contribution in [0.3, 0.4) is 0 Å². The molecule has 128 valence electrons. The number of carbonyl (C=O) groups is 3. The predicted molar refractivity (Wildman–Crippen MR) is 78.8 cm³/mol. The highest BCUT2D eigenvalue weighted by Gasteiger charge is 2.56. The molecule has 1 aromatic rings. The number of thioether (sulfide) groups is 1. The van der Waals surface area contributed by atoms with Gasteiger partial charge in [-0.25, -0.2) is 9.78 Å². The summed E-state index contributed by atoms with van der Waals surface area (Å²) in [5.74, 6) is -1.58. The largest absolute Gasteiger partial charge is 0.512 e. The van der Waals surface area contributed by atoms with Crippen LogP contribution in [-0.4, -0.2) is 54.7 Å². The number of hydrogen-bond donors (Lipinski definition) is 2. The average molecular weight is 355 g/mol. The molecule has 1 saturated heterocycles. The summed E-state index contributed by atoms with van der Waals surface area (Å²) in [5, 5.41) is 18.1. The average Bonchev–Trinajstić information content (AvgIpc) is 3.08. The number of imidazole rings is 1. The lowest BCUT2D eigenvalue weighted by atomic mass is 10.00. The smallest absolute Gasteiger partial charge is 0.459 e. The third kappa shape index (κ3) is 2.71. The van der Waals surface area contributed by atoms with E-state index in [1.807, 2.05) is 0 Å². The quantitative estimate of drug-likeness (QED) is 0.563. The summed E-state index contributed by atoms with van der Waals surface area (Å²) < 4.78 is 11.1. The van der Waals surface area contributed by atoms with Crippen molar-refractivity contribution in [3.63, 3.8) is 0 Å². The first-order chi connectivity index (χ1) is 11.4. The zero-order valence-corrected chi connectivity index (χ0v) is 13.2. The molecule has 2 N–H and O–H groups in total. The molecule has 2 aliphatic rings. The molecule has 0 aromatic carbocycles. The summed E-state index contributed by atoms with van der Waals surface area (Å²) in [6, 6.07) is 0. The summed E-state index contributed by atoms with van der Waals surface area (Å²) in [4.78, 5) is 39.0. The number of carboxylic acid groups (broad SMARTS) is 1. The van der Waals surface area contributed by atoms with Crippen LogP contribution in [0.15, 0.2) is 18.4 Å². The van der Waals surface area contributed by atoms with Crippen molar-refractivity contribution in [1.82, 2.24) is 14.5 Å². The van der Waals surface area contributed by atoms with E-state index in [2.05, 4.69) is 4.98 Å². The fraction of sp³-hybridized carbons (Fsp3) is 0.385. The van der Waals surface area contributed by atoms with Gasteiger partial charge in [0.2, 0.25) is 11.8 Å². The second kappa shape index (κ2) is 6.17. The Morgan fingerprint density at radius 1 is 1.46 bits per heavy atom. The molecule has 0 unspecified atom stereocenters. The molecule has 0 spiro atoms. The third-order valence-electron chi connectivity index (χ3n) is 3.46. The topological polar surface area (TPSA) is 131 Å². The Morgan fingerprint density at radius 3 is 2.83 bits per heavy atom. The molecule has 3 heterocycles. The summed E-state index contributed by atoms with van der Waals surface area (Å²) >= 11 is 1.19. The van der Waals surface area contributed by atoms with Gasteiger partial charge < -0.3 is 19.7 Å². The predicted octanol–water partition coefficient (Wildman–Crippen LogP) is 0.248. The van der Waals surface area contributed by atoms with Crippen molar-refractivity contribution in [1.29, 1.82) is 0 Å². The number of amides is 1. The number of β-lactam (4-membered cyclic amide) rings is 1. The molecule has 1 aromatic heterocycles. The summed E-state index contributed by atoms with van der Waals surface area (Å²) in [5.41, 5.74) is 0.451. The molecular formula is C13H13N3O7S.